The van der Waals surface area contributed by atoms with Crippen LogP contribution >= 0.6 is 0 Å². The van der Waals surface area contributed by atoms with Gasteiger partial charge in [-0.2, -0.15) is 0 Å². The summed E-state index contributed by atoms with van der Waals surface area (Å²) in [6.07, 6.45) is 0. The normalized spacial score (nSPS) is 12.0. The van der Waals surface area contributed by atoms with Crippen LogP contribution in [0.5, 0.6) is 5.75 Å². The van der Waals surface area contributed by atoms with Crippen molar-refractivity contribution in [2.45, 2.75) is 19.9 Å². The summed E-state index contributed by atoms with van der Waals surface area (Å²) in [6, 6.07) is 7.97. The Kier molecular flexibility index (Phi) is 4.07. The first kappa shape index (κ1) is 14.8. The summed E-state index contributed by atoms with van der Waals surface area (Å²) >= 11 is 0. The molecule has 21 heavy (non-hydrogen) atoms. The number of nitrogens with one attached hydrogen (secondary N) is 1. The smallest absolute Gasteiger partial charge is 0.292 e. The number of hydrogen-bond acceptors (Lipinski definition) is 4. The zero-order valence-electron chi connectivity index (χ0n) is 11.6. The summed E-state index contributed by atoms with van der Waals surface area (Å²) in [6.45, 7) is 3.58. The second-order valence-electron chi connectivity index (χ2n) is 4.85. The van der Waals surface area contributed by atoms with Gasteiger partial charge in [-0.15, -0.1) is 0 Å². The van der Waals surface area contributed by atoms with Crippen LogP contribution in [0.25, 0.3) is 0 Å². The lowest BCUT2D eigenvalue weighted by molar-refractivity contribution is -0.384. The van der Waals surface area contributed by atoms with E-state index in [2.05, 4.69) is 5.32 Å². The van der Waals surface area contributed by atoms with Crippen LogP contribution in [0.1, 0.15) is 24.1 Å². The van der Waals surface area contributed by atoms with Crippen LogP contribution in [0.4, 0.5) is 15.8 Å². The van der Waals surface area contributed by atoms with Gasteiger partial charge in [0.15, 0.2) is 0 Å². The van der Waals surface area contributed by atoms with Gasteiger partial charge in [0.2, 0.25) is 0 Å². The van der Waals surface area contributed by atoms with Gasteiger partial charge in [0.05, 0.1) is 11.0 Å². The van der Waals surface area contributed by atoms with E-state index in [-0.39, 0.29) is 17.1 Å². The van der Waals surface area contributed by atoms with E-state index in [1.807, 2.05) is 13.0 Å². The molecule has 0 saturated heterocycles. The Morgan fingerprint density at radius 1 is 1.29 bits per heavy atom. The lowest BCUT2D eigenvalue weighted by atomic mass is 10.0. The number of nitrogens with zero attached hydrogens (tertiary/aromatic N) is 1. The number of phenolic OH excluding ortho intramolecular Hbond substituents is 1. The third-order valence-corrected chi connectivity index (χ3v) is 3.18. The molecule has 5 nitrogen and oxygen atoms in total. The van der Waals surface area contributed by atoms with Crippen LogP contribution in [-0.4, -0.2) is 10.0 Å². The molecule has 0 radical (unpaired) electrons. The highest BCUT2D eigenvalue weighted by molar-refractivity contribution is 5.62. The molecule has 0 aliphatic rings. The zero-order valence-corrected chi connectivity index (χ0v) is 11.6. The van der Waals surface area contributed by atoms with E-state index in [1.165, 1.54) is 0 Å². The summed E-state index contributed by atoms with van der Waals surface area (Å²) in [5.41, 5.74) is 1.35. The Labute approximate surface area is 121 Å². The average Bonchev–Trinajstić information content (AvgIpc) is 2.37. The highest BCUT2D eigenvalue weighted by Gasteiger charge is 2.18. The van der Waals surface area contributed by atoms with Gasteiger partial charge >= 0.3 is 0 Å². The van der Waals surface area contributed by atoms with Crippen LogP contribution in [-0.2, 0) is 0 Å². The van der Waals surface area contributed by atoms with Crippen molar-refractivity contribution in [3.05, 3.63) is 63.5 Å². The fourth-order valence-electron chi connectivity index (χ4n) is 2.11. The number of aromatic hydroxyl groups is 1. The van der Waals surface area contributed by atoms with E-state index in [0.717, 1.165) is 23.8 Å². The van der Waals surface area contributed by atoms with E-state index in [1.54, 1.807) is 19.1 Å². The third-order valence-electron chi connectivity index (χ3n) is 3.18. The molecule has 110 valence electrons. The minimum absolute atomic E-state index is 0.0764. The number of halogens is 1. The maximum Gasteiger partial charge on any atom is 0.292 e. The summed E-state index contributed by atoms with van der Waals surface area (Å²) in [5, 5.41) is 23.7. The average molecular weight is 290 g/mol. The first-order valence-electron chi connectivity index (χ1n) is 6.38. The van der Waals surface area contributed by atoms with Gasteiger partial charge in [0, 0.05) is 17.7 Å². The quantitative estimate of drug-likeness (QED) is 0.661. The predicted octanol–water partition coefficient (Wildman–Crippen LogP) is 3.92. The summed E-state index contributed by atoms with van der Waals surface area (Å²) in [4.78, 5) is 10.4. The molecule has 1 atom stereocenters. The second-order valence-corrected chi connectivity index (χ2v) is 4.85. The number of benzene rings is 2. The standard InChI is InChI=1S/C15H15FN2O3/c1-9-3-5-12(15(19)7-9)10(2)17-13-8-11(16)4-6-14(13)18(20)21/h3-8,10,17,19H,1-2H3. The molecule has 2 aromatic carbocycles. The van der Waals surface area contributed by atoms with Crippen molar-refractivity contribution in [2.75, 3.05) is 5.32 Å². The topological polar surface area (TPSA) is 75.4 Å². The molecule has 0 fully saturated rings. The maximum absolute atomic E-state index is 13.3. The number of nitro benzene ring substituents is 1. The van der Waals surface area contributed by atoms with Gasteiger partial charge in [-0.3, -0.25) is 10.1 Å². The molecule has 6 heteroatoms. The minimum atomic E-state index is -0.580. The highest BCUT2D eigenvalue weighted by atomic mass is 19.1. The molecule has 0 spiro atoms. The van der Waals surface area contributed by atoms with Crippen molar-refractivity contribution in [1.29, 1.82) is 0 Å². The molecule has 0 heterocycles. The molecule has 0 amide bonds. The fraction of sp³-hybridized carbons (Fsp3) is 0.200. The Bertz CT molecular complexity index is 689. The van der Waals surface area contributed by atoms with Crippen molar-refractivity contribution >= 4 is 11.4 Å². The molecular formula is C15H15FN2O3. The van der Waals surface area contributed by atoms with Gasteiger partial charge in [-0.1, -0.05) is 12.1 Å². The number of hydrogen-bond donors (Lipinski definition) is 2. The van der Waals surface area contributed by atoms with Crippen LogP contribution in [0, 0.1) is 22.9 Å². The van der Waals surface area contributed by atoms with Crippen molar-refractivity contribution < 1.29 is 14.4 Å². The molecule has 0 saturated carbocycles. The van der Waals surface area contributed by atoms with Gasteiger partial charge < -0.3 is 10.4 Å². The SMILES string of the molecule is Cc1ccc(C(C)Nc2cc(F)ccc2[N+](=O)[O-])c(O)c1. The Morgan fingerprint density at radius 3 is 2.62 bits per heavy atom. The van der Waals surface area contributed by atoms with Crippen molar-refractivity contribution in [3.63, 3.8) is 0 Å². The Balaban J connectivity index is 2.33. The van der Waals surface area contributed by atoms with E-state index in [9.17, 15) is 19.6 Å². The van der Waals surface area contributed by atoms with E-state index >= 15 is 0 Å². The van der Waals surface area contributed by atoms with Crippen molar-refractivity contribution in [2.24, 2.45) is 0 Å². The molecule has 2 aromatic rings. The lowest BCUT2D eigenvalue weighted by Gasteiger charge is -2.17. The van der Waals surface area contributed by atoms with E-state index in [4.69, 9.17) is 0 Å². The molecule has 2 N–H and O–H groups in total. The van der Waals surface area contributed by atoms with Gasteiger partial charge in [-0.05, 0) is 31.5 Å². The number of nitro groups is 1. The van der Waals surface area contributed by atoms with Crippen molar-refractivity contribution in [3.8, 4) is 5.75 Å². The highest BCUT2D eigenvalue weighted by Crippen LogP contribution is 2.32. The molecular weight excluding hydrogens is 275 g/mol. The number of anilines is 1. The lowest BCUT2D eigenvalue weighted by Crippen LogP contribution is -2.09. The van der Waals surface area contributed by atoms with Crippen molar-refractivity contribution in [1.82, 2.24) is 0 Å². The summed E-state index contributed by atoms with van der Waals surface area (Å²) in [5.74, 6) is -0.475. The van der Waals surface area contributed by atoms with Crippen LogP contribution < -0.4 is 5.32 Å². The fourth-order valence-corrected chi connectivity index (χ4v) is 2.11. The third kappa shape index (κ3) is 3.28. The zero-order chi connectivity index (χ0) is 15.6. The number of phenols is 1. The van der Waals surface area contributed by atoms with E-state index in [0.29, 0.717) is 5.56 Å². The summed E-state index contributed by atoms with van der Waals surface area (Å²) < 4.78 is 13.3. The monoisotopic (exact) mass is 290 g/mol. The van der Waals surface area contributed by atoms with Gasteiger partial charge in [0.1, 0.15) is 17.3 Å². The van der Waals surface area contributed by atoms with Gasteiger partial charge in [0.25, 0.3) is 5.69 Å². The Hall–Kier alpha value is -2.63. The molecule has 0 aliphatic carbocycles. The molecule has 0 aromatic heterocycles. The molecule has 0 bridgehead atoms. The molecule has 2 rings (SSSR count). The maximum atomic E-state index is 13.3. The summed E-state index contributed by atoms with van der Waals surface area (Å²) in [7, 11) is 0. The number of rotatable bonds is 4. The van der Waals surface area contributed by atoms with Crippen LogP contribution in [0.15, 0.2) is 36.4 Å². The second kappa shape index (κ2) is 5.78. The van der Waals surface area contributed by atoms with Crippen LogP contribution in [0.3, 0.4) is 0 Å². The minimum Gasteiger partial charge on any atom is -0.508 e. The first-order chi connectivity index (χ1) is 9.88. The van der Waals surface area contributed by atoms with Gasteiger partial charge in [-0.25, -0.2) is 4.39 Å². The first-order valence-corrected chi connectivity index (χ1v) is 6.38. The number of aryl methyl sites for hydroxylation is 1. The molecule has 1 unspecified atom stereocenters. The Morgan fingerprint density at radius 2 is 2.00 bits per heavy atom. The molecule has 0 aliphatic heterocycles. The van der Waals surface area contributed by atoms with E-state index < -0.39 is 16.8 Å². The largest absolute Gasteiger partial charge is 0.508 e. The van der Waals surface area contributed by atoms with Crippen LogP contribution in [0.2, 0.25) is 0 Å². The predicted molar refractivity (Wildman–Crippen MR) is 77.9 cm³/mol.